The van der Waals surface area contributed by atoms with Gasteiger partial charge in [-0.2, -0.15) is 0 Å². The van der Waals surface area contributed by atoms with Gasteiger partial charge < -0.3 is 9.64 Å². The molecule has 2 heteroatoms. The lowest BCUT2D eigenvalue weighted by atomic mass is 9.66. The van der Waals surface area contributed by atoms with Crippen LogP contribution in [0.15, 0.2) is 237 Å². The molecule has 0 aromatic heterocycles. The number of rotatable bonds is 4. The van der Waals surface area contributed by atoms with Crippen LogP contribution in [0.3, 0.4) is 0 Å². The molecule has 0 unspecified atom stereocenters. The van der Waals surface area contributed by atoms with E-state index in [0.717, 1.165) is 39.7 Å². The van der Waals surface area contributed by atoms with Crippen molar-refractivity contribution in [2.45, 2.75) is 10.8 Å². The molecular weight excluding hydrogens is 775 g/mol. The van der Waals surface area contributed by atoms with Gasteiger partial charge in [-0.25, -0.2) is 0 Å². The van der Waals surface area contributed by atoms with Crippen molar-refractivity contribution in [3.63, 3.8) is 0 Å². The van der Waals surface area contributed by atoms with Crippen LogP contribution in [-0.4, -0.2) is 0 Å². The Morgan fingerprint density at radius 2 is 0.609 bits per heavy atom. The van der Waals surface area contributed by atoms with Gasteiger partial charge in [-0.05, 0) is 126 Å². The molecule has 2 spiro atoms. The molecule has 1 heterocycles. The number of benzene rings is 10. The Balaban J connectivity index is 1.05. The summed E-state index contributed by atoms with van der Waals surface area (Å²) in [4.78, 5) is 2.49. The second kappa shape index (κ2) is 13.2. The maximum atomic E-state index is 6.72. The van der Waals surface area contributed by atoms with E-state index in [2.05, 4.69) is 241 Å². The van der Waals surface area contributed by atoms with Gasteiger partial charge >= 0.3 is 0 Å². The Labute approximate surface area is 373 Å². The zero-order valence-electron chi connectivity index (χ0n) is 34.9. The van der Waals surface area contributed by atoms with Crippen LogP contribution in [0, 0.1) is 0 Å². The first kappa shape index (κ1) is 35.4. The Bertz CT molecular complexity index is 3450. The van der Waals surface area contributed by atoms with Crippen LogP contribution in [-0.2, 0) is 10.8 Å². The minimum absolute atomic E-state index is 0.466. The van der Waals surface area contributed by atoms with E-state index >= 15 is 0 Å². The van der Waals surface area contributed by atoms with Gasteiger partial charge in [0.05, 0.1) is 10.8 Å². The van der Waals surface area contributed by atoms with Crippen molar-refractivity contribution in [2.24, 2.45) is 0 Å². The van der Waals surface area contributed by atoms with Crippen molar-refractivity contribution in [3.8, 4) is 56.0 Å². The molecule has 2 nitrogen and oxygen atoms in total. The number of hydrogen-bond donors (Lipinski definition) is 0. The predicted octanol–water partition coefficient (Wildman–Crippen LogP) is 15.6. The van der Waals surface area contributed by atoms with E-state index in [1.165, 1.54) is 77.9 Å². The molecule has 0 amide bonds. The highest BCUT2D eigenvalue weighted by atomic mass is 16.5. The highest BCUT2D eigenvalue weighted by Gasteiger charge is 2.53. The van der Waals surface area contributed by atoms with Crippen LogP contribution in [0.1, 0.15) is 44.5 Å². The van der Waals surface area contributed by atoms with Crippen molar-refractivity contribution in [1.82, 2.24) is 0 Å². The second-order valence-corrected chi connectivity index (χ2v) is 17.5. The molecule has 1 aliphatic heterocycles. The molecule has 0 saturated heterocycles. The number of hydrogen-bond acceptors (Lipinski definition) is 2. The molecular formula is C62H39NO. The molecule has 0 fully saturated rings. The number of anilines is 3. The largest absolute Gasteiger partial charge is 0.457 e. The average Bonchev–Trinajstić information content (AvgIpc) is 3.94. The van der Waals surface area contributed by atoms with Crippen LogP contribution in [0.5, 0.6) is 11.5 Å². The van der Waals surface area contributed by atoms with Gasteiger partial charge in [-0.3, -0.25) is 0 Å². The minimum atomic E-state index is -0.591. The van der Waals surface area contributed by atoms with Crippen molar-refractivity contribution >= 4 is 17.1 Å². The zero-order chi connectivity index (χ0) is 42.0. The molecule has 10 aromatic carbocycles. The molecule has 10 aromatic rings. The number of ether oxygens (including phenoxy) is 1. The Hall–Kier alpha value is -8.20. The number of para-hydroxylation sites is 2. The predicted molar refractivity (Wildman–Crippen MR) is 260 cm³/mol. The summed E-state index contributed by atoms with van der Waals surface area (Å²) in [6.07, 6.45) is 0. The third kappa shape index (κ3) is 4.54. The summed E-state index contributed by atoms with van der Waals surface area (Å²) in [7, 11) is 0. The molecule has 0 saturated carbocycles. The van der Waals surface area contributed by atoms with Gasteiger partial charge in [0, 0.05) is 28.2 Å². The maximum absolute atomic E-state index is 6.72. The summed E-state index contributed by atoms with van der Waals surface area (Å²) in [6, 6.07) is 87.6. The lowest BCUT2D eigenvalue weighted by molar-refractivity contribution is 0.436. The molecule has 0 bridgehead atoms. The van der Waals surface area contributed by atoms with Gasteiger partial charge in [-0.15, -0.1) is 0 Å². The van der Waals surface area contributed by atoms with E-state index < -0.39 is 10.8 Å². The first-order chi connectivity index (χ1) is 31.7. The highest BCUT2D eigenvalue weighted by molar-refractivity contribution is 5.97. The van der Waals surface area contributed by atoms with Gasteiger partial charge in [0.15, 0.2) is 0 Å². The van der Waals surface area contributed by atoms with Crippen LogP contribution < -0.4 is 9.64 Å². The monoisotopic (exact) mass is 813 g/mol. The summed E-state index contributed by atoms with van der Waals surface area (Å²) >= 11 is 0. The van der Waals surface area contributed by atoms with Crippen molar-refractivity contribution in [2.75, 3.05) is 4.90 Å². The first-order valence-electron chi connectivity index (χ1n) is 22.3. The highest BCUT2D eigenvalue weighted by Crippen LogP contribution is 2.65. The molecule has 0 atom stereocenters. The fourth-order valence-electron chi connectivity index (χ4n) is 12.1. The molecule has 298 valence electrons. The summed E-state index contributed by atoms with van der Waals surface area (Å²) in [5, 5.41) is 0. The molecule has 0 N–H and O–H groups in total. The van der Waals surface area contributed by atoms with E-state index in [1.54, 1.807) is 0 Å². The van der Waals surface area contributed by atoms with Gasteiger partial charge in [0.2, 0.25) is 0 Å². The standard InChI is InChI=1S/C62H39NO/c1-2-17-40(18-3-1)41-19-16-20-42(37-41)63(43-33-35-49-47-23-6-10-27-53(47)61(57(49)38-43)51-25-8-4-21-45(51)46-22-5-9-26-52(46)61)44-34-36-50-48-24-7-11-28-54(48)62(58(50)39-44)55-29-12-14-31-59(55)64-60-32-15-13-30-56(60)62/h1-39H. The lowest BCUT2D eigenvalue weighted by Crippen LogP contribution is -2.32. The average molecular weight is 814 g/mol. The molecule has 3 aliphatic carbocycles. The van der Waals surface area contributed by atoms with E-state index in [-0.39, 0.29) is 0 Å². The first-order valence-corrected chi connectivity index (χ1v) is 22.3. The molecule has 14 rings (SSSR count). The quantitative estimate of drug-likeness (QED) is 0.175. The Morgan fingerprint density at radius 1 is 0.250 bits per heavy atom. The van der Waals surface area contributed by atoms with Crippen LogP contribution in [0.4, 0.5) is 17.1 Å². The topological polar surface area (TPSA) is 12.5 Å². The van der Waals surface area contributed by atoms with Gasteiger partial charge in [0.25, 0.3) is 0 Å². The van der Waals surface area contributed by atoms with Crippen LogP contribution in [0.2, 0.25) is 0 Å². The second-order valence-electron chi connectivity index (χ2n) is 17.5. The van der Waals surface area contributed by atoms with Crippen LogP contribution in [0.25, 0.3) is 44.5 Å². The Morgan fingerprint density at radius 3 is 1.09 bits per heavy atom. The van der Waals surface area contributed by atoms with E-state index in [4.69, 9.17) is 4.74 Å². The number of fused-ring (bicyclic) bond motifs is 19. The fourth-order valence-corrected chi connectivity index (χ4v) is 12.1. The maximum Gasteiger partial charge on any atom is 0.132 e. The lowest BCUT2D eigenvalue weighted by Gasteiger charge is -2.39. The van der Waals surface area contributed by atoms with E-state index in [1.807, 2.05) is 0 Å². The summed E-state index contributed by atoms with van der Waals surface area (Å²) in [5.41, 5.74) is 22.4. The van der Waals surface area contributed by atoms with Crippen LogP contribution >= 0.6 is 0 Å². The zero-order valence-corrected chi connectivity index (χ0v) is 34.9. The van der Waals surface area contributed by atoms with Crippen molar-refractivity contribution in [1.29, 1.82) is 0 Å². The third-order valence-electron chi connectivity index (χ3n) is 14.5. The summed E-state index contributed by atoms with van der Waals surface area (Å²) in [6.45, 7) is 0. The number of nitrogens with zero attached hydrogens (tertiary/aromatic N) is 1. The molecule has 64 heavy (non-hydrogen) atoms. The third-order valence-corrected chi connectivity index (χ3v) is 14.5. The SMILES string of the molecule is c1ccc(-c2cccc(N(c3ccc4c(c3)C3(c5ccccc5Oc5ccccc53)c3ccccc3-4)c3ccc4c(c3)C3(c5ccccc5-c5ccccc53)c3ccccc3-4)c2)cc1. The van der Waals surface area contributed by atoms with Crippen molar-refractivity contribution in [3.05, 3.63) is 281 Å². The van der Waals surface area contributed by atoms with E-state index in [9.17, 15) is 0 Å². The molecule has 4 aliphatic rings. The van der Waals surface area contributed by atoms with Gasteiger partial charge in [0.1, 0.15) is 11.5 Å². The summed E-state index contributed by atoms with van der Waals surface area (Å²) in [5.74, 6) is 1.78. The minimum Gasteiger partial charge on any atom is -0.457 e. The smallest absolute Gasteiger partial charge is 0.132 e. The summed E-state index contributed by atoms with van der Waals surface area (Å²) < 4.78 is 6.72. The normalized spacial score (nSPS) is 14.3. The van der Waals surface area contributed by atoms with E-state index in [0.29, 0.717) is 0 Å². The Kier molecular flexibility index (Phi) is 7.28. The fraction of sp³-hybridized carbons (Fsp3) is 0.0323. The molecule has 0 radical (unpaired) electrons. The van der Waals surface area contributed by atoms with Crippen molar-refractivity contribution < 1.29 is 4.74 Å². The van der Waals surface area contributed by atoms with Gasteiger partial charge in [-0.1, -0.05) is 188 Å².